The Labute approximate surface area is 135 Å². The summed E-state index contributed by atoms with van der Waals surface area (Å²) in [5.74, 6) is 1.99. The van der Waals surface area contributed by atoms with E-state index in [0.29, 0.717) is 34.5 Å². The van der Waals surface area contributed by atoms with E-state index < -0.39 is 0 Å². The second-order valence-corrected chi connectivity index (χ2v) is 7.92. The Kier molecular flexibility index (Phi) is 3.68. The average molecular weight is 321 g/mol. The highest BCUT2D eigenvalue weighted by molar-refractivity contribution is 8.00. The molecule has 0 amide bonds. The summed E-state index contributed by atoms with van der Waals surface area (Å²) < 4.78 is 5.39. The van der Waals surface area contributed by atoms with Crippen LogP contribution in [0.5, 0.6) is 0 Å². The van der Waals surface area contributed by atoms with Crippen molar-refractivity contribution in [2.45, 2.75) is 43.7 Å². The summed E-state index contributed by atoms with van der Waals surface area (Å²) in [4.78, 5) is 6.76. The lowest BCUT2D eigenvalue weighted by atomic mass is 9.91. The van der Waals surface area contributed by atoms with Crippen LogP contribution in [0.2, 0.25) is 0 Å². The Morgan fingerprint density at radius 2 is 2.23 bits per heavy atom. The molecule has 3 fully saturated rings. The van der Waals surface area contributed by atoms with Gasteiger partial charge in [-0.25, -0.2) is 15.8 Å². The summed E-state index contributed by atoms with van der Waals surface area (Å²) in [5, 5.41) is 4.86. The van der Waals surface area contributed by atoms with Crippen molar-refractivity contribution in [2.24, 2.45) is 11.8 Å². The van der Waals surface area contributed by atoms with Gasteiger partial charge in [0.25, 0.3) is 0 Å². The van der Waals surface area contributed by atoms with Crippen molar-refractivity contribution in [1.82, 2.24) is 26.1 Å². The third-order valence-corrected chi connectivity index (χ3v) is 6.90. The molecule has 1 aromatic heterocycles. The molecule has 0 radical (unpaired) electrons. The van der Waals surface area contributed by atoms with Crippen molar-refractivity contribution >= 4 is 17.8 Å². The summed E-state index contributed by atoms with van der Waals surface area (Å²) in [6, 6.07) is 0. The first-order valence-electron chi connectivity index (χ1n) is 7.94. The second-order valence-electron chi connectivity index (χ2n) is 6.42. The number of fused-ring (bicyclic) bond motifs is 3. The summed E-state index contributed by atoms with van der Waals surface area (Å²) in [7, 11) is 0. The molecule has 3 saturated heterocycles. The van der Waals surface area contributed by atoms with Crippen molar-refractivity contribution in [1.29, 1.82) is 0 Å². The molecule has 3 N–H and O–H groups in total. The fraction of sp³-hybridized carbons (Fsp3) is 0.667. The van der Waals surface area contributed by atoms with Gasteiger partial charge in [-0.1, -0.05) is 13.8 Å². The van der Waals surface area contributed by atoms with Crippen molar-refractivity contribution in [3.05, 3.63) is 24.0 Å². The van der Waals surface area contributed by atoms with Crippen molar-refractivity contribution < 1.29 is 4.42 Å². The molecule has 7 heteroatoms. The maximum atomic E-state index is 5.39. The zero-order valence-corrected chi connectivity index (χ0v) is 13.9. The topological polar surface area (TPSA) is 65.4 Å². The molecular formula is C15H23N5OS. The maximum Gasteiger partial charge on any atom is 0.220 e. The zero-order valence-electron chi connectivity index (χ0n) is 13.1. The molecule has 0 bridgehead atoms. The molecule has 22 heavy (non-hydrogen) atoms. The summed E-state index contributed by atoms with van der Waals surface area (Å²) >= 11 is 2.10. The summed E-state index contributed by atoms with van der Waals surface area (Å²) in [6.07, 6.45) is 5.72. The SMILES string of the molecule is CC1SC2C(CN/C(=C/c3ncco3)C3NNC(C)N32)C1C. The van der Waals surface area contributed by atoms with Gasteiger partial charge in [0, 0.05) is 29.5 Å². The quantitative estimate of drug-likeness (QED) is 0.723. The van der Waals surface area contributed by atoms with Gasteiger partial charge in [-0.15, -0.1) is 11.8 Å². The van der Waals surface area contributed by atoms with Crippen LogP contribution in [0, 0.1) is 11.8 Å². The molecular weight excluding hydrogens is 298 g/mol. The van der Waals surface area contributed by atoms with Crippen LogP contribution in [0.3, 0.4) is 0 Å². The second kappa shape index (κ2) is 5.56. The lowest BCUT2D eigenvalue weighted by Gasteiger charge is -2.32. The van der Waals surface area contributed by atoms with Gasteiger partial charge in [-0.2, -0.15) is 0 Å². The standard InChI is InChI=1S/C15H23N5OS/c1-8-9(2)22-15-11(8)7-17-12(6-13-16-4-5-21-13)14-19-18-10(3)20(14)15/h4-6,8-11,14-15,17-19H,7H2,1-3H3/b12-6+. The normalized spacial score (nSPS) is 43.7. The number of thioether (sulfide) groups is 1. The molecule has 0 aromatic carbocycles. The molecule has 6 atom stereocenters. The molecule has 0 aliphatic carbocycles. The van der Waals surface area contributed by atoms with Crippen LogP contribution in [0.4, 0.5) is 0 Å². The first-order valence-corrected chi connectivity index (χ1v) is 8.88. The first kappa shape index (κ1) is 14.6. The molecule has 1 aromatic rings. The number of aromatic nitrogens is 1. The van der Waals surface area contributed by atoms with Gasteiger partial charge in [0.2, 0.25) is 5.89 Å². The fourth-order valence-electron chi connectivity index (χ4n) is 3.71. The third kappa shape index (κ3) is 2.27. The molecule has 120 valence electrons. The molecule has 6 unspecified atom stereocenters. The Bertz CT molecular complexity index is 562. The van der Waals surface area contributed by atoms with E-state index in [1.165, 1.54) is 0 Å². The van der Waals surface area contributed by atoms with Crippen molar-refractivity contribution in [3.63, 3.8) is 0 Å². The zero-order chi connectivity index (χ0) is 15.3. The van der Waals surface area contributed by atoms with Gasteiger partial charge in [0.15, 0.2) is 0 Å². The van der Waals surface area contributed by atoms with E-state index in [-0.39, 0.29) is 6.17 Å². The van der Waals surface area contributed by atoms with Crippen LogP contribution >= 0.6 is 11.8 Å². The third-order valence-electron chi connectivity index (χ3n) is 5.17. The highest BCUT2D eigenvalue weighted by atomic mass is 32.2. The van der Waals surface area contributed by atoms with Gasteiger partial charge in [-0.3, -0.25) is 4.90 Å². The van der Waals surface area contributed by atoms with Crippen molar-refractivity contribution in [2.75, 3.05) is 6.54 Å². The Balaban J connectivity index is 1.69. The predicted octanol–water partition coefficient (Wildman–Crippen LogP) is 1.41. The smallest absolute Gasteiger partial charge is 0.220 e. The number of rotatable bonds is 1. The highest BCUT2D eigenvalue weighted by Crippen LogP contribution is 2.47. The Morgan fingerprint density at radius 1 is 1.36 bits per heavy atom. The molecule has 4 heterocycles. The number of hydrogen-bond acceptors (Lipinski definition) is 7. The fourth-order valence-corrected chi connectivity index (χ4v) is 5.59. The predicted molar refractivity (Wildman–Crippen MR) is 87.3 cm³/mol. The molecule has 3 aliphatic heterocycles. The minimum atomic E-state index is 0.127. The van der Waals surface area contributed by atoms with Gasteiger partial charge in [0.1, 0.15) is 12.4 Å². The van der Waals surface area contributed by atoms with Crippen LogP contribution in [-0.2, 0) is 0 Å². The van der Waals surface area contributed by atoms with E-state index in [1.54, 1.807) is 12.5 Å². The lowest BCUT2D eigenvalue weighted by molar-refractivity contribution is 0.159. The summed E-state index contributed by atoms with van der Waals surface area (Å²) in [5.41, 5.74) is 7.91. The molecule has 0 saturated carbocycles. The Hall–Kier alpha value is -1.02. The van der Waals surface area contributed by atoms with Gasteiger partial charge < -0.3 is 9.73 Å². The van der Waals surface area contributed by atoms with Gasteiger partial charge in [-0.05, 0) is 12.8 Å². The van der Waals surface area contributed by atoms with Crippen LogP contribution < -0.4 is 16.2 Å². The van der Waals surface area contributed by atoms with E-state index in [2.05, 4.69) is 58.6 Å². The van der Waals surface area contributed by atoms with E-state index in [9.17, 15) is 0 Å². The van der Waals surface area contributed by atoms with Crippen LogP contribution in [0.1, 0.15) is 26.7 Å². The van der Waals surface area contributed by atoms with Crippen LogP contribution in [0.25, 0.3) is 6.08 Å². The van der Waals surface area contributed by atoms with Crippen molar-refractivity contribution in [3.8, 4) is 0 Å². The number of hydrazine groups is 1. The van der Waals surface area contributed by atoms with Crippen LogP contribution in [-0.4, -0.2) is 39.4 Å². The van der Waals surface area contributed by atoms with E-state index in [0.717, 1.165) is 12.2 Å². The minimum Gasteiger partial charge on any atom is -0.445 e. The Morgan fingerprint density at radius 3 is 3.00 bits per heavy atom. The monoisotopic (exact) mass is 321 g/mol. The van der Waals surface area contributed by atoms with Crippen LogP contribution in [0.15, 0.2) is 22.6 Å². The molecule has 3 aliphatic rings. The van der Waals surface area contributed by atoms with Gasteiger partial charge in [0.05, 0.1) is 17.7 Å². The number of nitrogens with zero attached hydrogens (tertiary/aromatic N) is 2. The van der Waals surface area contributed by atoms with E-state index in [1.807, 2.05) is 6.08 Å². The average Bonchev–Trinajstić information content (AvgIpc) is 3.16. The number of oxazole rings is 1. The molecule has 6 nitrogen and oxygen atoms in total. The minimum absolute atomic E-state index is 0.127. The molecule has 4 rings (SSSR count). The number of hydrogen-bond donors (Lipinski definition) is 3. The number of nitrogens with one attached hydrogen (secondary N) is 3. The lowest BCUT2D eigenvalue weighted by Crippen LogP contribution is -2.46. The maximum absolute atomic E-state index is 5.39. The largest absolute Gasteiger partial charge is 0.445 e. The van der Waals surface area contributed by atoms with E-state index >= 15 is 0 Å². The van der Waals surface area contributed by atoms with E-state index in [4.69, 9.17) is 4.42 Å². The van der Waals surface area contributed by atoms with Gasteiger partial charge >= 0.3 is 0 Å². The summed E-state index contributed by atoms with van der Waals surface area (Å²) in [6.45, 7) is 7.94. The molecule has 0 spiro atoms. The first-order chi connectivity index (χ1) is 10.6. The highest BCUT2D eigenvalue weighted by Gasteiger charge is 2.50.